The van der Waals surface area contributed by atoms with Gasteiger partial charge in [0, 0.05) is 40.5 Å². The van der Waals surface area contributed by atoms with E-state index in [0.717, 1.165) is 16.6 Å². The highest BCUT2D eigenvalue weighted by atomic mass is 32.2. The van der Waals surface area contributed by atoms with E-state index < -0.39 is 21.7 Å². The number of aromatic amines is 1. The van der Waals surface area contributed by atoms with Crippen LogP contribution in [0.5, 0.6) is 0 Å². The number of fused-ring (bicyclic) bond motifs is 2. The molecule has 12 heteroatoms. The highest BCUT2D eigenvalue weighted by Crippen LogP contribution is 2.40. The van der Waals surface area contributed by atoms with Crippen LogP contribution in [0.2, 0.25) is 0 Å². The molecule has 0 unspecified atom stereocenters. The van der Waals surface area contributed by atoms with E-state index in [9.17, 15) is 17.6 Å². The summed E-state index contributed by atoms with van der Waals surface area (Å²) in [6.45, 7) is 1.54. The van der Waals surface area contributed by atoms with Crippen LogP contribution in [0.4, 0.5) is 10.1 Å². The second-order valence-corrected chi connectivity index (χ2v) is 12.5. The van der Waals surface area contributed by atoms with E-state index in [2.05, 4.69) is 15.0 Å². The van der Waals surface area contributed by atoms with Crippen LogP contribution < -0.4 is 10.0 Å². The number of rotatable bonds is 8. The molecule has 0 spiro atoms. The van der Waals surface area contributed by atoms with Gasteiger partial charge in [-0.15, -0.1) is 0 Å². The summed E-state index contributed by atoms with van der Waals surface area (Å²) >= 11 is 1.35. The molecule has 43 heavy (non-hydrogen) atoms. The fraction of sp³-hybridized carbons (Fsp3) is 0.129. The van der Waals surface area contributed by atoms with Gasteiger partial charge >= 0.3 is 0 Å². The summed E-state index contributed by atoms with van der Waals surface area (Å²) in [7, 11) is -2.21. The van der Waals surface area contributed by atoms with Gasteiger partial charge in [0.1, 0.15) is 17.2 Å². The fourth-order valence-corrected chi connectivity index (χ4v) is 5.87. The molecule has 3 aromatic heterocycles. The van der Waals surface area contributed by atoms with Crippen LogP contribution in [0.1, 0.15) is 17.3 Å². The topological polar surface area (TPSA) is 130 Å². The van der Waals surface area contributed by atoms with Crippen molar-refractivity contribution in [1.29, 1.82) is 0 Å². The zero-order valence-electron chi connectivity index (χ0n) is 23.4. The number of aromatic nitrogens is 3. The molecular weight excluding hydrogens is 590 g/mol. The minimum absolute atomic E-state index is 0.160. The lowest BCUT2D eigenvalue weighted by atomic mass is 10.0. The van der Waals surface area contributed by atoms with E-state index in [1.165, 1.54) is 50.0 Å². The Bertz CT molecular complexity index is 2090. The van der Waals surface area contributed by atoms with Crippen molar-refractivity contribution in [3.63, 3.8) is 0 Å². The number of halogens is 1. The first-order chi connectivity index (χ1) is 20.7. The molecule has 1 amide bonds. The molecule has 0 aliphatic carbocycles. The normalized spacial score (nSPS) is 11.7. The standard InChI is InChI=1S/C31H26FN5O4S2/c1-4-43(39,40)37-24-16-27-21(28(30(38)33-2)29(41-27)17-9-11-19(32)12-10-17)14-20(24)23-15-26(36-31(35-23)42-3)25-13-18-7-5-6-8-22(18)34-25/h5-16,34,37H,4H2,1-3H3,(H,33,38). The average molecular weight is 616 g/mol. The zero-order valence-corrected chi connectivity index (χ0v) is 25.0. The van der Waals surface area contributed by atoms with Gasteiger partial charge in [0.05, 0.1) is 34.1 Å². The summed E-state index contributed by atoms with van der Waals surface area (Å²) in [5.74, 6) is -0.786. The number of thioether (sulfide) groups is 1. The first kappa shape index (κ1) is 28.4. The lowest BCUT2D eigenvalue weighted by Gasteiger charge is -2.13. The average Bonchev–Trinajstić information content (AvgIpc) is 3.62. The number of sulfonamides is 1. The van der Waals surface area contributed by atoms with E-state index in [1.807, 2.05) is 36.6 Å². The molecule has 3 N–H and O–H groups in total. The molecule has 218 valence electrons. The van der Waals surface area contributed by atoms with Crippen molar-refractivity contribution in [2.45, 2.75) is 12.1 Å². The number of nitrogens with one attached hydrogen (secondary N) is 3. The molecule has 0 fully saturated rings. The molecule has 0 radical (unpaired) electrons. The maximum absolute atomic E-state index is 13.7. The molecular formula is C31H26FN5O4S2. The Balaban J connectivity index is 1.62. The van der Waals surface area contributed by atoms with Gasteiger partial charge in [-0.25, -0.2) is 22.8 Å². The minimum Gasteiger partial charge on any atom is -0.455 e. The molecule has 9 nitrogen and oxygen atoms in total. The lowest BCUT2D eigenvalue weighted by molar-refractivity contribution is 0.0964. The summed E-state index contributed by atoms with van der Waals surface area (Å²) in [6.07, 6.45) is 1.85. The van der Waals surface area contributed by atoms with Crippen LogP contribution in [0.15, 0.2) is 82.4 Å². The number of benzene rings is 3. The second-order valence-electron chi connectivity index (χ2n) is 9.69. The van der Waals surface area contributed by atoms with E-state index in [0.29, 0.717) is 33.1 Å². The smallest absolute Gasteiger partial charge is 0.255 e. The predicted octanol–water partition coefficient (Wildman–Crippen LogP) is 6.69. The van der Waals surface area contributed by atoms with Crippen molar-refractivity contribution in [1.82, 2.24) is 20.3 Å². The molecule has 6 aromatic rings. The van der Waals surface area contributed by atoms with Crippen molar-refractivity contribution < 1.29 is 22.0 Å². The molecule has 0 saturated carbocycles. The molecule has 6 rings (SSSR count). The number of furan rings is 1. The fourth-order valence-electron chi connectivity index (χ4n) is 4.84. The molecule has 0 bridgehead atoms. The number of nitrogens with zero attached hydrogens (tertiary/aromatic N) is 2. The van der Waals surface area contributed by atoms with Gasteiger partial charge in [0.25, 0.3) is 5.91 Å². The maximum Gasteiger partial charge on any atom is 0.255 e. The summed E-state index contributed by atoms with van der Waals surface area (Å²) in [4.78, 5) is 26.0. The largest absolute Gasteiger partial charge is 0.455 e. The van der Waals surface area contributed by atoms with E-state index in [4.69, 9.17) is 14.4 Å². The van der Waals surface area contributed by atoms with E-state index in [1.54, 1.807) is 18.2 Å². The number of H-pyrrole nitrogens is 1. The first-order valence-electron chi connectivity index (χ1n) is 13.3. The Hall–Kier alpha value is -4.68. The van der Waals surface area contributed by atoms with Gasteiger partial charge in [0.15, 0.2) is 5.16 Å². The third-order valence-corrected chi connectivity index (χ3v) is 8.84. The number of carbonyl (C=O) groups excluding carboxylic acids is 1. The number of hydrogen-bond donors (Lipinski definition) is 3. The Kier molecular flexibility index (Phi) is 7.40. The van der Waals surface area contributed by atoms with Crippen molar-refractivity contribution in [2.75, 3.05) is 23.8 Å². The van der Waals surface area contributed by atoms with Crippen LogP contribution >= 0.6 is 11.8 Å². The molecule has 3 heterocycles. The monoisotopic (exact) mass is 615 g/mol. The summed E-state index contributed by atoms with van der Waals surface area (Å²) in [5.41, 5.74) is 4.41. The minimum atomic E-state index is -3.72. The summed E-state index contributed by atoms with van der Waals surface area (Å²) < 4.78 is 48.1. The highest BCUT2D eigenvalue weighted by molar-refractivity contribution is 7.98. The molecule has 0 saturated heterocycles. The van der Waals surface area contributed by atoms with Gasteiger partial charge in [-0.2, -0.15) is 0 Å². The molecule has 0 aliphatic rings. The van der Waals surface area contributed by atoms with Gasteiger partial charge in [-0.05, 0) is 61.7 Å². The van der Waals surface area contributed by atoms with Gasteiger partial charge < -0.3 is 14.7 Å². The summed E-state index contributed by atoms with van der Waals surface area (Å²) in [6, 6.07) is 20.4. The number of anilines is 1. The second kappa shape index (κ2) is 11.2. The van der Waals surface area contributed by atoms with Crippen molar-refractivity contribution in [3.05, 3.63) is 84.2 Å². The number of amides is 1. The van der Waals surface area contributed by atoms with Gasteiger partial charge in [-0.3, -0.25) is 9.52 Å². The third kappa shape index (κ3) is 5.46. The van der Waals surface area contributed by atoms with E-state index >= 15 is 0 Å². The number of carbonyl (C=O) groups is 1. The lowest BCUT2D eigenvalue weighted by Crippen LogP contribution is -2.18. The van der Waals surface area contributed by atoms with Gasteiger partial charge in [-0.1, -0.05) is 30.0 Å². The Labute approximate surface area is 251 Å². The third-order valence-electron chi connectivity index (χ3n) is 7.00. The van der Waals surface area contributed by atoms with Crippen molar-refractivity contribution >= 4 is 55.3 Å². The Morgan fingerprint density at radius 3 is 2.47 bits per heavy atom. The van der Waals surface area contributed by atoms with Crippen LogP contribution in [0.25, 0.3) is 55.8 Å². The van der Waals surface area contributed by atoms with E-state index in [-0.39, 0.29) is 28.3 Å². The van der Waals surface area contributed by atoms with Crippen LogP contribution in [-0.4, -0.2) is 48.3 Å². The first-order valence-corrected chi connectivity index (χ1v) is 16.2. The van der Waals surface area contributed by atoms with Crippen LogP contribution in [-0.2, 0) is 10.0 Å². The SMILES string of the molecule is CCS(=O)(=O)Nc1cc2oc(-c3ccc(F)cc3)c(C(=O)NC)c2cc1-c1cc(-c2cc3ccccc3[nH]2)nc(SC)n1. The Morgan fingerprint density at radius 2 is 1.77 bits per heavy atom. The van der Waals surface area contributed by atoms with Crippen molar-refractivity contribution in [2.24, 2.45) is 0 Å². The maximum atomic E-state index is 13.7. The highest BCUT2D eigenvalue weighted by Gasteiger charge is 2.25. The quantitative estimate of drug-likeness (QED) is 0.129. The molecule has 0 atom stereocenters. The molecule has 0 aliphatic heterocycles. The van der Waals surface area contributed by atoms with Crippen LogP contribution in [0, 0.1) is 5.82 Å². The molecule has 3 aromatic carbocycles. The number of hydrogen-bond acceptors (Lipinski definition) is 7. The number of para-hydroxylation sites is 1. The summed E-state index contributed by atoms with van der Waals surface area (Å²) in [5, 5.41) is 4.57. The van der Waals surface area contributed by atoms with Crippen LogP contribution in [0.3, 0.4) is 0 Å². The zero-order chi connectivity index (χ0) is 30.3. The Morgan fingerprint density at radius 1 is 1.02 bits per heavy atom. The predicted molar refractivity (Wildman–Crippen MR) is 168 cm³/mol. The van der Waals surface area contributed by atoms with Gasteiger partial charge in [0.2, 0.25) is 10.0 Å². The van der Waals surface area contributed by atoms with Crippen molar-refractivity contribution in [3.8, 4) is 34.0 Å².